The number of benzene rings is 2. The Morgan fingerprint density at radius 3 is 2.67 bits per heavy atom. The Kier molecular flexibility index (Phi) is 4.31. The Labute approximate surface area is 144 Å². The van der Waals surface area contributed by atoms with Crippen molar-refractivity contribution in [2.24, 2.45) is 0 Å². The minimum absolute atomic E-state index is 0.220. The summed E-state index contributed by atoms with van der Waals surface area (Å²) in [6.07, 6.45) is -2.82. The summed E-state index contributed by atoms with van der Waals surface area (Å²) in [7, 11) is 0. The lowest BCUT2D eigenvalue weighted by Crippen LogP contribution is -2.03. The molecule has 0 aliphatic rings. The number of fused-ring (bicyclic) bond motifs is 1. The molecule has 0 amide bonds. The number of nitrogens with zero attached hydrogens (tertiary/aromatic N) is 2. The van der Waals surface area contributed by atoms with Gasteiger partial charge in [0, 0.05) is 5.02 Å². The summed E-state index contributed by atoms with van der Waals surface area (Å²) in [6.45, 7) is 0. The molecule has 0 saturated carbocycles. The van der Waals surface area contributed by atoms with Crippen molar-refractivity contribution in [2.75, 3.05) is 0 Å². The number of aromatic nitrogens is 1. The molecule has 1 aromatic heterocycles. The van der Waals surface area contributed by atoms with E-state index in [2.05, 4.69) is 4.98 Å². The van der Waals surface area contributed by atoms with E-state index in [-0.39, 0.29) is 11.1 Å². The SMILES string of the molecule is N#C/C(=C/c1cccc(Cl)c1)c1nc2cc(C(F)(F)F)ccc2s1. The molecular weight excluding hydrogens is 357 g/mol. The van der Waals surface area contributed by atoms with E-state index in [1.54, 1.807) is 30.3 Å². The average Bonchev–Trinajstić information content (AvgIpc) is 2.94. The second kappa shape index (κ2) is 6.27. The molecule has 0 bridgehead atoms. The Balaban J connectivity index is 2.06. The van der Waals surface area contributed by atoms with Crippen molar-refractivity contribution in [1.82, 2.24) is 4.98 Å². The van der Waals surface area contributed by atoms with Crippen molar-refractivity contribution in [2.45, 2.75) is 6.18 Å². The summed E-state index contributed by atoms with van der Waals surface area (Å²) >= 11 is 7.08. The largest absolute Gasteiger partial charge is 0.416 e. The van der Waals surface area contributed by atoms with Crippen LogP contribution in [0.25, 0.3) is 21.9 Å². The van der Waals surface area contributed by atoms with Crippen LogP contribution in [0.15, 0.2) is 42.5 Å². The van der Waals surface area contributed by atoms with Crippen molar-refractivity contribution >= 4 is 44.8 Å². The molecule has 0 N–H and O–H groups in total. The lowest BCUT2D eigenvalue weighted by molar-refractivity contribution is -0.137. The fraction of sp³-hybridized carbons (Fsp3) is 0.0588. The molecule has 0 atom stereocenters. The number of hydrogen-bond donors (Lipinski definition) is 0. The smallest absolute Gasteiger partial charge is 0.235 e. The molecule has 0 spiro atoms. The van der Waals surface area contributed by atoms with E-state index >= 15 is 0 Å². The van der Waals surface area contributed by atoms with Gasteiger partial charge in [-0.1, -0.05) is 23.7 Å². The van der Waals surface area contributed by atoms with E-state index in [0.717, 1.165) is 12.1 Å². The van der Waals surface area contributed by atoms with Gasteiger partial charge < -0.3 is 0 Å². The molecular formula is C17H8ClF3N2S. The van der Waals surface area contributed by atoms with Gasteiger partial charge in [-0.25, -0.2) is 4.98 Å². The lowest BCUT2D eigenvalue weighted by Gasteiger charge is -2.04. The average molecular weight is 365 g/mol. The molecule has 7 heteroatoms. The van der Waals surface area contributed by atoms with Gasteiger partial charge in [-0.3, -0.25) is 0 Å². The molecule has 0 fully saturated rings. The predicted octanol–water partition coefficient (Wildman–Crippen LogP) is 6.03. The second-order valence-corrected chi connectivity index (χ2v) is 6.39. The molecule has 24 heavy (non-hydrogen) atoms. The summed E-state index contributed by atoms with van der Waals surface area (Å²) in [6, 6.07) is 12.3. The van der Waals surface area contributed by atoms with Gasteiger partial charge in [-0.05, 0) is 42.0 Å². The summed E-state index contributed by atoms with van der Waals surface area (Å²) < 4.78 is 38.9. The molecule has 2 nitrogen and oxygen atoms in total. The van der Waals surface area contributed by atoms with E-state index in [4.69, 9.17) is 11.6 Å². The third kappa shape index (κ3) is 3.42. The zero-order chi connectivity index (χ0) is 17.3. The number of alkyl halides is 3. The van der Waals surface area contributed by atoms with Gasteiger partial charge in [0.05, 0.1) is 21.4 Å². The number of allylic oxidation sites excluding steroid dienone is 1. The maximum atomic E-state index is 12.8. The first-order chi connectivity index (χ1) is 11.4. The molecule has 0 aliphatic carbocycles. The summed E-state index contributed by atoms with van der Waals surface area (Å²) in [5.74, 6) is 0. The monoisotopic (exact) mass is 364 g/mol. The van der Waals surface area contributed by atoms with E-state index in [1.165, 1.54) is 17.4 Å². The van der Waals surface area contributed by atoms with Crippen LogP contribution in [0.5, 0.6) is 0 Å². The first-order valence-electron chi connectivity index (χ1n) is 6.72. The van der Waals surface area contributed by atoms with E-state index in [9.17, 15) is 18.4 Å². The van der Waals surface area contributed by atoms with Crippen molar-refractivity contribution in [3.63, 3.8) is 0 Å². The molecule has 0 saturated heterocycles. The van der Waals surface area contributed by atoms with Crippen molar-refractivity contribution in [3.05, 3.63) is 63.6 Å². The Morgan fingerprint density at radius 2 is 2.00 bits per heavy atom. The van der Waals surface area contributed by atoms with Gasteiger partial charge in [-0.15, -0.1) is 11.3 Å². The molecule has 0 unspecified atom stereocenters. The standard InChI is InChI=1S/C17H8ClF3N2S/c18-13-3-1-2-10(7-13)6-11(9-22)16-23-14-8-12(17(19,20)21)4-5-15(14)24-16/h1-8H/b11-6-. The lowest BCUT2D eigenvalue weighted by atomic mass is 10.1. The number of hydrogen-bond acceptors (Lipinski definition) is 3. The minimum Gasteiger partial charge on any atom is -0.235 e. The number of rotatable bonds is 2. The summed E-state index contributed by atoms with van der Waals surface area (Å²) in [5.41, 5.74) is 0.447. The van der Waals surface area contributed by atoms with Crippen molar-refractivity contribution in [3.8, 4) is 6.07 Å². The Morgan fingerprint density at radius 1 is 1.21 bits per heavy atom. The highest BCUT2D eigenvalue weighted by atomic mass is 35.5. The highest BCUT2D eigenvalue weighted by molar-refractivity contribution is 7.19. The van der Waals surface area contributed by atoms with Crippen molar-refractivity contribution in [1.29, 1.82) is 5.26 Å². The topological polar surface area (TPSA) is 36.7 Å². The molecule has 3 rings (SSSR count). The van der Waals surface area contributed by atoms with Gasteiger partial charge in [0.2, 0.25) is 0 Å². The molecule has 2 aromatic carbocycles. The van der Waals surface area contributed by atoms with Crippen molar-refractivity contribution < 1.29 is 13.2 Å². The normalized spacial score (nSPS) is 12.4. The fourth-order valence-electron chi connectivity index (χ4n) is 2.12. The zero-order valence-corrected chi connectivity index (χ0v) is 13.5. The van der Waals surface area contributed by atoms with Crippen LogP contribution >= 0.6 is 22.9 Å². The summed E-state index contributed by atoms with van der Waals surface area (Å²) in [4.78, 5) is 4.17. The zero-order valence-electron chi connectivity index (χ0n) is 11.9. The van der Waals surface area contributed by atoms with Gasteiger partial charge in [0.25, 0.3) is 0 Å². The highest BCUT2D eigenvalue weighted by Gasteiger charge is 2.30. The van der Waals surface area contributed by atoms with Crippen LogP contribution in [0, 0.1) is 11.3 Å². The molecule has 1 heterocycles. The number of halogens is 4. The van der Waals surface area contributed by atoms with E-state index < -0.39 is 11.7 Å². The number of thiazole rings is 1. The molecule has 0 radical (unpaired) electrons. The fourth-order valence-corrected chi connectivity index (χ4v) is 3.23. The molecule has 3 aromatic rings. The molecule has 120 valence electrons. The molecule has 0 aliphatic heterocycles. The van der Waals surface area contributed by atoms with Gasteiger partial charge >= 0.3 is 6.18 Å². The highest BCUT2D eigenvalue weighted by Crippen LogP contribution is 2.34. The van der Waals surface area contributed by atoms with Gasteiger partial charge in [0.1, 0.15) is 11.1 Å². The van der Waals surface area contributed by atoms with Crippen LogP contribution in [0.2, 0.25) is 5.02 Å². The van der Waals surface area contributed by atoms with E-state index in [0.29, 0.717) is 20.3 Å². The quantitative estimate of drug-likeness (QED) is 0.520. The van der Waals surface area contributed by atoms with E-state index in [1.807, 2.05) is 6.07 Å². The Bertz CT molecular complexity index is 983. The maximum Gasteiger partial charge on any atom is 0.416 e. The number of nitriles is 1. The predicted molar refractivity (Wildman–Crippen MR) is 89.6 cm³/mol. The minimum atomic E-state index is -4.42. The van der Waals surface area contributed by atoms with Crippen LogP contribution in [0.4, 0.5) is 13.2 Å². The first-order valence-corrected chi connectivity index (χ1v) is 7.92. The third-order valence-electron chi connectivity index (χ3n) is 3.23. The van der Waals surface area contributed by atoms with Crippen LogP contribution in [-0.4, -0.2) is 4.98 Å². The Hall–Kier alpha value is -2.36. The van der Waals surface area contributed by atoms with Gasteiger partial charge in [-0.2, -0.15) is 18.4 Å². The van der Waals surface area contributed by atoms with Crippen LogP contribution in [0.3, 0.4) is 0 Å². The first kappa shape index (κ1) is 16.5. The van der Waals surface area contributed by atoms with Crippen LogP contribution in [-0.2, 0) is 6.18 Å². The third-order valence-corrected chi connectivity index (χ3v) is 4.53. The maximum absolute atomic E-state index is 12.8. The van der Waals surface area contributed by atoms with Crippen LogP contribution in [0.1, 0.15) is 16.1 Å². The summed E-state index contributed by atoms with van der Waals surface area (Å²) in [5, 5.41) is 10.2. The van der Waals surface area contributed by atoms with Gasteiger partial charge in [0.15, 0.2) is 0 Å². The van der Waals surface area contributed by atoms with Crippen LogP contribution < -0.4 is 0 Å². The second-order valence-electron chi connectivity index (χ2n) is 4.92.